The first kappa shape index (κ1) is 13.5. The number of nitrogens with one attached hydrogen (secondary N) is 1. The maximum Gasteiger partial charge on any atom is 0.0485 e. The lowest BCUT2D eigenvalue weighted by atomic mass is 10.3. The Morgan fingerprint density at radius 2 is 2.00 bits per heavy atom. The van der Waals surface area contributed by atoms with E-state index in [0.717, 1.165) is 17.6 Å². The first-order valence-electron chi connectivity index (χ1n) is 5.91. The van der Waals surface area contributed by atoms with E-state index in [1.165, 1.54) is 25.1 Å². The van der Waals surface area contributed by atoms with Gasteiger partial charge in [0.1, 0.15) is 0 Å². The Morgan fingerprint density at radius 3 is 2.69 bits per heavy atom. The van der Waals surface area contributed by atoms with E-state index in [1.807, 2.05) is 12.1 Å². The summed E-state index contributed by atoms with van der Waals surface area (Å²) in [7, 11) is 2.18. The third kappa shape index (κ3) is 4.99. The monoisotopic (exact) mass is 284 g/mol. The summed E-state index contributed by atoms with van der Waals surface area (Å²) in [4.78, 5) is 2.37. The quantitative estimate of drug-likeness (QED) is 0.823. The van der Waals surface area contributed by atoms with E-state index >= 15 is 0 Å². The van der Waals surface area contributed by atoms with Gasteiger partial charge in [0.25, 0.3) is 0 Å². The smallest absolute Gasteiger partial charge is 0.0485 e. The van der Waals surface area contributed by atoms with Gasteiger partial charge >= 0.3 is 0 Å². The number of nitrogens with zero attached hydrogens (tertiary/aromatic N) is 1. The van der Waals surface area contributed by atoms with Crippen molar-refractivity contribution in [3.8, 4) is 0 Å². The van der Waals surface area contributed by atoms with Crippen LogP contribution in [-0.2, 0) is 0 Å². The molecule has 0 saturated carbocycles. The Hall–Kier alpha value is -0.540. The molecule has 2 nitrogen and oxygen atoms in total. The Labute approximate surface area is 107 Å². The number of unbranched alkanes of at least 4 members (excludes halogenated alkanes) is 1. The molecule has 0 aromatic heterocycles. The largest absolute Gasteiger partial charge is 0.383 e. The van der Waals surface area contributed by atoms with Crippen LogP contribution in [0.2, 0.25) is 0 Å². The van der Waals surface area contributed by atoms with Crippen molar-refractivity contribution in [2.75, 3.05) is 32.0 Å². The number of anilines is 1. The van der Waals surface area contributed by atoms with Gasteiger partial charge in [-0.15, -0.1) is 0 Å². The highest BCUT2D eigenvalue weighted by Gasteiger charge is 1.99. The van der Waals surface area contributed by atoms with Gasteiger partial charge in [-0.05, 0) is 48.1 Å². The molecular formula is C13H21BrN2. The fraction of sp³-hybridized carbons (Fsp3) is 0.538. The van der Waals surface area contributed by atoms with Crippen molar-refractivity contribution in [2.24, 2.45) is 0 Å². The van der Waals surface area contributed by atoms with Gasteiger partial charge in [-0.3, -0.25) is 0 Å². The van der Waals surface area contributed by atoms with Crippen molar-refractivity contribution in [3.63, 3.8) is 0 Å². The minimum Gasteiger partial charge on any atom is -0.383 e. The standard InChI is InChI=1S/C13H21BrN2/c1-3-4-10-16(2)11-9-15-13-8-6-5-7-12(13)14/h5-8,15H,3-4,9-11H2,1-2H3. The summed E-state index contributed by atoms with van der Waals surface area (Å²) in [5, 5.41) is 3.43. The zero-order valence-electron chi connectivity index (χ0n) is 10.2. The van der Waals surface area contributed by atoms with E-state index in [-0.39, 0.29) is 0 Å². The number of likely N-dealkylation sites (N-methyl/N-ethyl adjacent to an activating group) is 1. The van der Waals surface area contributed by atoms with Crippen molar-refractivity contribution in [3.05, 3.63) is 28.7 Å². The lowest BCUT2D eigenvalue weighted by Gasteiger charge is -2.17. The molecule has 0 fully saturated rings. The second-order valence-corrected chi connectivity index (χ2v) is 4.92. The van der Waals surface area contributed by atoms with Crippen LogP contribution in [-0.4, -0.2) is 31.6 Å². The summed E-state index contributed by atoms with van der Waals surface area (Å²) in [6, 6.07) is 8.23. The molecule has 16 heavy (non-hydrogen) atoms. The lowest BCUT2D eigenvalue weighted by Crippen LogP contribution is -2.26. The lowest BCUT2D eigenvalue weighted by molar-refractivity contribution is 0.340. The van der Waals surface area contributed by atoms with Gasteiger partial charge < -0.3 is 10.2 Å². The molecule has 1 rings (SSSR count). The van der Waals surface area contributed by atoms with Crippen LogP contribution in [0.1, 0.15) is 19.8 Å². The van der Waals surface area contributed by atoms with Gasteiger partial charge in [-0.1, -0.05) is 25.5 Å². The van der Waals surface area contributed by atoms with Crippen LogP contribution in [0.5, 0.6) is 0 Å². The van der Waals surface area contributed by atoms with Crippen LogP contribution in [0.25, 0.3) is 0 Å². The molecule has 1 aromatic rings. The molecule has 0 unspecified atom stereocenters. The third-order valence-corrected chi connectivity index (χ3v) is 3.27. The predicted molar refractivity (Wildman–Crippen MR) is 75.0 cm³/mol. The van der Waals surface area contributed by atoms with Gasteiger partial charge in [0.05, 0.1) is 0 Å². The minimum absolute atomic E-state index is 0.989. The van der Waals surface area contributed by atoms with Gasteiger partial charge in [0.15, 0.2) is 0 Å². The average Bonchev–Trinajstić information content (AvgIpc) is 2.29. The van der Waals surface area contributed by atoms with Crippen molar-refractivity contribution in [1.29, 1.82) is 0 Å². The number of halogens is 1. The fourth-order valence-electron chi connectivity index (χ4n) is 1.53. The molecule has 0 aliphatic carbocycles. The van der Waals surface area contributed by atoms with E-state index in [1.54, 1.807) is 0 Å². The summed E-state index contributed by atoms with van der Waals surface area (Å²) in [6.07, 6.45) is 2.55. The van der Waals surface area contributed by atoms with Crippen LogP contribution in [0.15, 0.2) is 28.7 Å². The van der Waals surface area contributed by atoms with Crippen LogP contribution in [0, 0.1) is 0 Å². The molecule has 0 aliphatic rings. The Balaban J connectivity index is 2.23. The summed E-state index contributed by atoms with van der Waals surface area (Å²) in [6.45, 7) is 5.49. The summed E-state index contributed by atoms with van der Waals surface area (Å²) >= 11 is 3.53. The molecule has 90 valence electrons. The average molecular weight is 285 g/mol. The molecule has 0 amide bonds. The van der Waals surface area contributed by atoms with Gasteiger partial charge in [-0.25, -0.2) is 0 Å². The molecule has 3 heteroatoms. The zero-order valence-corrected chi connectivity index (χ0v) is 11.8. The second kappa shape index (κ2) is 7.69. The van der Waals surface area contributed by atoms with E-state index in [0.29, 0.717) is 0 Å². The van der Waals surface area contributed by atoms with Gasteiger partial charge in [-0.2, -0.15) is 0 Å². The van der Waals surface area contributed by atoms with E-state index < -0.39 is 0 Å². The van der Waals surface area contributed by atoms with Crippen LogP contribution in [0.3, 0.4) is 0 Å². The maximum absolute atomic E-state index is 3.53. The van der Waals surface area contributed by atoms with Crippen molar-refractivity contribution >= 4 is 21.6 Å². The zero-order chi connectivity index (χ0) is 11.8. The van der Waals surface area contributed by atoms with Crippen molar-refractivity contribution in [1.82, 2.24) is 4.90 Å². The minimum atomic E-state index is 0.989. The van der Waals surface area contributed by atoms with Crippen LogP contribution < -0.4 is 5.32 Å². The molecule has 1 N–H and O–H groups in total. The number of rotatable bonds is 7. The fourth-order valence-corrected chi connectivity index (χ4v) is 1.95. The predicted octanol–water partition coefficient (Wildman–Crippen LogP) is 3.59. The molecule has 1 aromatic carbocycles. The number of benzene rings is 1. The summed E-state index contributed by atoms with van der Waals surface area (Å²) < 4.78 is 1.13. The van der Waals surface area contributed by atoms with Crippen molar-refractivity contribution < 1.29 is 0 Å². The maximum atomic E-state index is 3.53. The highest BCUT2D eigenvalue weighted by atomic mass is 79.9. The molecule has 0 heterocycles. The van der Waals surface area contributed by atoms with Crippen LogP contribution >= 0.6 is 15.9 Å². The Kier molecular flexibility index (Phi) is 6.50. The Morgan fingerprint density at radius 1 is 1.25 bits per heavy atom. The third-order valence-electron chi connectivity index (χ3n) is 2.58. The molecular weight excluding hydrogens is 264 g/mol. The molecule has 0 aliphatic heterocycles. The summed E-state index contributed by atoms with van der Waals surface area (Å²) in [5.74, 6) is 0. The highest BCUT2D eigenvalue weighted by molar-refractivity contribution is 9.10. The molecule has 0 spiro atoms. The SMILES string of the molecule is CCCCN(C)CCNc1ccccc1Br. The number of hydrogen-bond acceptors (Lipinski definition) is 2. The van der Waals surface area contributed by atoms with E-state index in [4.69, 9.17) is 0 Å². The second-order valence-electron chi connectivity index (χ2n) is 4.06. The summed E-state index contributed by atoms with van der Waals surface area (Å²) in [5.41, 5.74) is 1.17. The van der Waals surface area contributed by atoms with Gasteiger partial charge in [0.2, 0.25) is 0 Å². The number of para-hydroxylation sites is 1. The van der Waals surface area contributed by atoms with Crippen LogP contribution in [0.4, 0.5) is 5.69 Å². The Bertz CT molecular complexity index is 302. The topological polar surface area (TPSA) is 15.3 Å². The first-order chi connectivity index (χ1) is 7.74. The molecule has 0 radical (unpaired) electrons. The molecule has 0 bridgehead atoms. The van der Waals surface area contributed by atoms with E-state index in [2.05, 4.69) is 52.3 Å². The first-order valence-corrected chi connectivity index (χ1v) is 6.70. The molecule has 0 saturated heterocycles. The van der Waals surface area contributed by atoms with Crippen molar-refractivity contribution in [2.45, 2.75) is 19.8 Å². The van der Waals surface area contributed by atoms with Gasteiger partial charge in [0, 0.05) is 23.2 Å². The molecule has 0 atom stereocenters. The number of hydrogen-bond donors (Lipinski definition) is 1. The highest BCUT2D eigenvalue weighted by Crippen LogP contribution is 2.20. The van der Waals surface area contributed by atoms with E-state index in [9.17, 15) is 0 Å². The normalized spacial score (nSPS) is 10.8.